The van der Waals surface area contributed by atoms with Crippen LogP contribution in [0.15, 0.2) is 47.3 Å². The fourth-order valence-corrected chi connectivity index (χ4v) is 6.40. The van der Waals surface area contributed by atoms with Crippen LogP contribution in [-0.2, 0) is 22.6 Å². The molecule has 2 fully saturated rings. The Morgan fingerprint density at radius 2 is 1.69 bits per heavy atom. The van der Waals surface area contributed by atoms with Gasteiger partial charge in [-0.2, -0.15) is 13.2 Å². The van der Waals surface area contributed by atoms with E-state index in [1.807, 2.05) is 32.9 Å². The number of halogens is 3. The van der Waals surface area contributed by atoms with Crippen LogP contribution in [0.4, 0.5) is 18.9 Å². The number of carbonyl (C=O) groups is 2. The average molecular weight is 687 g/mol. The lowest BCUT2D eigenvalue weighted by Crippen LogP contribution is -2.40. The number of aliphatic hydroxyl groups excluding tert-OH is 1. The number of aryl methyl sites for hydroxylation is 2. The molecule has 0 bridgehead atoms. The molecule has 0 unspecified atom stereocenters. The van der Waals surface area contributed by atoms with Crippen molar-refractivity contribution in [3.05, 3.63) is 86.3 Å². The number of aliphatic carboxylic acids is 1. The van der Waals surface area contributed by atoms with E-state index >= 15 is 0 Å². The summed E-state index contributed by atoms with van der Waals surface area (Å²) in [5.74, 6) is -2.95. The molecule has 2 saturated heterocycles. The number of rotatable bonds is 9. The van der Waals surface area contributed by atoms with Crippen molar-refractivity contribution in [2.24, 2.45) is 0 Å². The maximum Gasteiger partial charge on any atom is 0.490 e. The number of amides is 1. The normalized spacial score (nSPS) is 16.9. The standard InChI is InChI=1S/C34H44N4O4.C2HF3O2/c1-5-38(28-11-14-42-15-12-28)32-18-27(26-8-6-25(7-9-26)20-37-13-10-29(39)21-37)17-30(24(32)4)33(40)35-19-31-22(2)16-23(3)36-34(31)41;3-2(4,5)1(6)7/h6-9,16-18,28-29,39H,5,10-15,19-21H2,1-4H3,(H,35,40)(H,36,41);(H,6,7)/t29-;/m0./s1. The van der Waals surface area contributed by atoms with Gasteiger partial charge in [0, 0.05) is 74.5 Å². The molecule has 0 radical (unpaired) electrons. The molecule has 13 heteroatoms. The van der Waals surface area contributed by atoms with E-state index in [-0.39, 0.29) is 24.1 Å². The molecule has 1 amide bonds. The van der Waals surface area contributed by atoms with Crippen LogP contribution in [0.3, 0.4) is 0 Å². The number of carboxylic acid groups (broad SMARTS) is 1. The minimum Gasteiger partial charge on any atom is -0.475 e. The van der Waals surface area contributed by atoms with Gasteiger partial charge in [0.05, 0.1) is 6.10 Å². The molecule has 2 aliphatic heterocycles. The van der Waals surface area contributed by atoms with E-state index in [9.17, 15) is 27.9 Å². The number of aliphatic hydroxyl groups is 1. The summed E-state index contributed by atoms with van der Waals surface area (Å²) in [7, 11) is 0. The van der Waals surface area contributed by atoms with Crippen LogP contribution in [-0.4, -0.2) is 83.1 Å². The molecular formula is C36H45F3N4O6. The summed E-state index contributed by atoms with van der Waals surface area (Å²) in [5.41, 5.74) is 7.91. The van der Waals surface area contributed by atoms with E-state index in [1.54, 1.807) is 0 Å². The van der Waals surface area contributed by atoms with Crippen molar-refractivity contribution in [2.45, 2.75) is 78.4 Å². The highest BCUT2D eigenvalue weighted by molar-refractivity contribution is 5.99. The van der Waals surface area contributed by atoms with Gasteiger partial charge in [-0.1, -0.05) is 24.3 Å². The molecule has 0 aliphatic carbocycles. The molecule has 2 aromatic carbocycles. The maximum absolute atomic E-state index is 13.7. The SMILES string of the molecule is CCN(c1cc(-c2ccc(CN3CC[C@H](O)C3)cc2)cc(C(=O)NCc2c(C)cc(C)[nH]c2=O)c1C)C1CCOCC1.O=C(O)C(F)(F)F. The van der Waals surface area contributed by atoms with Crippen molar-refractivity contribution >= 4 is 17.6 Å². The van der Waals surface area contributed by atoms with Crippen LogP contribution in [0.1, 0.15) is 64.5 Å². The minimum atomic E-state index is -5.08. The molecule has 3 heterocycles. The van der Waals surface area contributed by atoms with E-state index in [1.165, 1.54) is 5.56 Å². The minimum absolute atomic E-state index is 0.163. The van der Waals surface area contributed by atoms with Crippen molar-refractivity contribution in [3.8, 4) is 11.1 Å². The molecule has 266 valence electrons. The van der Waals surface area contributed by atoms with Gasteiger partial charge in [0.25, 0.3) is 11.5 Å². The molecule has 1 atom stereocenters. The zero-order valence-electron chi connectivity index (χ0n) is 28.3. The van der Waals surface area contributed by atoms with E-state index in [2.05, 4.69) is 57.4 Å². The van der Waals surface area contributed by atoms with Crippen LogP contribution < -0.4 is 15.8 Å². The fourth-order valence-electron chi connectivity index (χ4n) is 6.40. The van der Waals surface area contributed by atoms with Crippen molar-refractivity contribution in [2.75, 3.05) is 37.7 Å². The predicted molar refractivity (Wildman–Crippen MR) is 181 cm³/mol. The van der Waals surface area contributed by atoms with Crippen LogP contribution >= 0.6 is 0 Å². The number of β-amino-alcohol motifs (C(OH)–C–C–N with tert-alkyl or cyclic N) is 1. The summed E-state index contributed by atoms with van der Waals surface area (Å²) in [6.07, 6.45) is -2.58. The third-order valence-electron chi connectivity index (χ3n) is 9.01. The number of anilines is 1. The molecular weight excluding hydrogens is 641 g/mol. The number of aromatic nitrogens is 1. The molecule has 0 saturated carbocycles. The third kappa shape index (κ3) is 9.93. The zero-order chi connectivity index (χ0) is 35.9. The number of benzene rings is 2. The smallest absolute Gasteiger partial charge is 0.475 e. The van der Waals surface area contributed by atoms with Crippen molar-refractivity contribution in [1.82, 2.24) is 15.2 Å². The number of carboxylic acids is 1. The van der Waals surface area contributed by atoms with Gasteiger partial charge in [0.15, 0.2) is 0 Å². The third-order valence-corrected chi connectivity index (χ3v) is 9.01. The maximum atomic E-state index is 13.7. The molecule has 0 spiro atoms. The van der Waals surface area contributed by atoms with Gasteiger partial charge in [-0.3, -0.25) is 14.5 Å². The Balaban J connectivity index is 0.000000698. The summed E-state index contributed by atoms with van der Waals surface area (Å²) in [4.78, 5) is 42.8. The number of aromatic amines is 1. The monoisotopic (exact) mass is 686 g/mol. The number of pyridine rings is 1. The van der Waals surface area contributed by atoms with Crippen molar-refractivity contribution < 1.29 is 37.7 Å². The lowest BCUT2D eigenvalue weighted by Gasteiger charge is -2.37. The number of nitrogens with one attached hydrogen (secondary N) is 2. The lowest BCUT2D eigenvalue weighted by atomic mass is 9.94. The summed E-state index contributed by atoms with van der Waals surface area (Å²) in [5, 5.41) is 20.0. The van der Waals surface area contributed by atoms with Gasteiger partial charge in [-0.25, -0.2) is 4.79 Å². The summed E-state index contributed by atoms with van der Waals surface area (Å²) < 4.78 is 37.4. The Kier molecular flexibility index (Phi) is 12.6. The first-order chi connectivity index (χ1) is 23.2. The number of nitrogens with zero attached hydrogens (tertiary/aromatic N) is 2. The highest BCUT2D eigenvalue weighted by Crippen LogP contribution is 2.34. The van der Waals surface area contributed by atoms with Gasteiger partial charge in [0.2, 0.25) is 0 Å². The Morgan fingerprint density at radius 1 is 1.04 bits per heavy atom. The number of hydrogen-bond donors (Lipinski definition) is 4. The Bertz CT molecular complexity index is 1670. The van der Waals surface area contributed by atoms with Crippen LogP contribution in [0.25, 0.3) is 11.1 Å². The van der Waals surface area contributed by atoms with Gasteiger partial charge in [0.1, 0.15) is 0 Å². The highest BCUT2D eigenvalue weighted by Gasteiger charge is 2.38. The second-order valence-electron chi connectivity index (χ2n) is 12.6. The first kappa shape index (κ1) is 37.6. The van der Waals surface area contributed by atoms with Gasteiger partial charge in [-0.05, 0) is 93.0 Å². The van der Waals surface area contributed by atoms with E-state index in [0.717, 1.165) is 85.7 Å². The van der Waals surface area contributed by atoms with E-state index in [0.29, 0.717) is 23.7 Å². The van der Waals surface area contributed by atoms with Gasteiger partial charge >= 0.3 is 12.1 Å². The molecule has 10 nitrogen and oxygen atoms in total. The van der Waals surface area contributed by atoms with Crippen LogP contribution in [0.2, 0.25) is 0 Å². The van der Waals surface area contributed by atoms with E-state index in [4.69, 9.17) is 14.6 Å². The second-order valence-corrected chi connectivity index (χ2v) is 12.6. The first-order valence-corrected chi connectivity index (χ1v) is 16.4. The van der Waals surface area contributed by atoms with Crippen LogP contribution in [0, 0.1) is 20.8 Å². The number of likely N-dealkylation sites (tertiary alicyclic amines) is 1. The van der Waals surface area contributed by atoms with Crippen molar-refractivity contribution in [1.29, 1.82) is 0 Å². The molecule has 3 aromatic rings. The number of carbonyl (C=O) groups excluding carboxylic acids is 1. The molecule has 2 aliphatic rings. The summed E-state index contributed by atoms with van der Waals surface area (Å²) in [6.45, 7) is 12.9. The summed E-state index contributed by atoms with van der Waals surface area (Å²) >= 11 is 0. The number of ether oxygens (including phenoxy) is 1. The zero-order valence-corrected chi connectivity index (χ0v) is 28.3. The number of alkyl halides is 3. The first-order valence-electron chi connectivity index (χ1n) is 16.4. The Labute approximate surface area is 283 Å². The fraction of sp³-hybridized carbons (Fsp3) is 0.472. The Hall–Kier alpha value is -4.20. The van der Waals surface area contributed by atoms with E-state index < -0.39 is 12.1 Å². The summed E-state index contributed by atoms with van der Waals surface area (Å²) in [6, 6.07) is 15.0. The van der Waals surface area contributed by atoms with Gasteiger partial charge in [-0.15, -0.1) is 0 Å². The quantitative estimate of drug-likeness (QED) is 0.244. The number of hydrogen-bond acceptors (Lipinski definition) is 7. The molecule has 1 aromatic heterocycles. The highest BCUT2D eigenvalue weighted by atomic mass is 19.4. The van der Waals surface area contributed by atoms with Crippen molar-refractivity contribution in [3.63, 3.8) is 0 Å². The largest absolute Gasteiger partial charge is 0.490 e. The topological polar surface area (TPSA) is 135 Å². The molecule has 5 rings (SSSR count). The Morgan fingerprint density at radius 3 is 2.24 bits per heavy atom. The average Bonchev–Trinajstić information content (AvgIpc) is 3.46. The van der Waals surface area contributed by atoms with Crippen LogP contribution in [0.5, 0.6) is 0 Å². The second kappa shape index (κ2) is 16.5. The number of H-pyrrole nitrogens is 1. The lowest BCUT2D eigenvalue weighted by molar-refractivity contribution is -0.192. The molecule has 4 N–H and O–H groups in total. The predicted octanol–water partition coefficient (Wildman–Crippen LogP) is 5.10. The van der Waals surface area contributed by atoms with Gasteiger partial charge < -0.3 is 30.2 Å². The molecule has 49 heavy (non-hydrogen) atoms.